The van der Waals surface area contributed by atoms with Crippen LogP contribution in [0.3, 0.4) is 0 Å². The maximum atomic E-state index is 12.5. The van der Waals surface area contributed by atoms with Gasteiger partial charge in [0.25, 0.3) is 10.0 Å². The molecule has 1 aromatic rings. The summed E-state index contributed by atoms with van der Waals surface area (Å²) >= 11 is 0. The highest BCUT2D eigenvalue weighted by Crippen LogP contribution is 2.29. The van der Waals surface area contributed by atoms with Crippen LogP contribution in [0.5, 0.6) is 0 Å². The number of aryl methyl sites for hydroxylation is 2. The van der Waals surface area contributed by atoms with Gasteiger partial charge in [0, 0.05) is 6.54 Å². The second-order valence-corrected chi connectivity index (χ2v) is 6.28. The number of benzene rings is 1. The van der Waals surface area contributed by atoms with Gasteiger partial charge < -0.3 is 5.73 Å². The zero-order chi connectivity index (χ0) is 13.3. The zero-order valence-electron chi connectivity index (χ0n) is 10.6. The van der Waals surface area contributed by atoms with E-state index in [4.69, 9.17) is 10.6 Å². The van der Waals surface area contributed by atoms with Gasteiger partial charge in [-0.2, -0.15) is 0 Å². The maximum absolute atomic E-state index is 12.5. The summed E-state index contributed by atoms with van der Waals surface area (Å²) in [4.78, 5) is 5.41. The number of nitrogen functional groups attached to an aromatic ring is 1. The molecule has 1 saturated heterocycles. The van der Waals surface area contributed by atoms with E-state index in [0.717, 1.165) is 22.9 Å². The Kier molecular flexibility index (Phi) is 3.61. The van der Waals surface area contributed by atoms with Crippen molar-refractivity contribution in [3.05, 3.63) is 23.3 Å². The van der Waals surface area contributed by atoms with Crippen molar-refractivity contribution in [3.63, 3.8) is 0 Å². The quantitative estimate of drug-likeness (QED) is 0.828. The first kappa shape index (κ1) is 13.3. The van der Waals surface area contributed by atoms with Gasteiger partial charge in [0.05, 0.1) is 12.3 Å². The molecule has 0 aliphatic carbocycles. The summed E-state index contributed by atoms with van der Waals surface area (Å²) in [6.45, 7) is 4.36. The minimum atomic E-state index is -3.66. The molecule has 1 aliphatic heterocycles. The van der Waals surface area contributed by atoms with E-state index in [2.05, 4.69) is 0 Å². The van der Waals surface area contributed by atoms with Crippen LogP contribution in [-0.4, -0.2) is 26.0 Å². The number of anilines is 1. The number of hydroxylamine groups is 1. The van der Waals surface area contributed by atoms with E-state index in [-0.39, 0.29) is 4.90 Å². The summed E-state index contributed by atoms with van der Waals surface area (Å²) in [6.07, 6.45) is 1.69. The van der Waals surface area contributed by atoms with Gasteiger partial charge in [0.15, 0.2) is 0 Å². The van der Waals surface area contributed by atoms with Crippen molar-refractivity contribution in [2.45, 2.75) is 31.6 Å². The monoisotopic (exact) mass is 270 g/mol. The fraction of sp³-hybridized carbons (Fsp3) is 0.500. The van der Waals surface area contributed by atoms with Crippen molar-refractivity contribution < 1.29 is 13.3 Å². The summed E-state index contributed by atoms with van der Waals surface area (Å²) in [5.74, 6) is 0. The first-order valence-corrected chi connectivity index (χ1v) is 7.40. The number of sulfonamides is 1. The molecule has 0 unspecified atom stereocenters. The number of hydrogen-bond acceptors (Lipinski definition) is 4. The molecule has 1 aliphatic rings. The van der Waals surface area contributed by atoms with E-state index in [0.29, 0.717) is 24.4 Å². The molecule has 1 fully saturated rings. The summed E-state index contributed by atoms with van der Waals surface area (Å²) in [6, 6.07) is 3.59. The van der Waals surface area contributed by atoms with Gasteiger partial charge >= 0.3 is 0 Å². The molecule has 2 rings (SSSR count). The molecule has 0 saturated carbocycles. The predicted molar refractivity (Wildman–Crippen MR) is 69.4 cm³/mol. The SMILES string of the molecule is Cc1ccc(C)c(S(=O)(=O)N2CCCCO2)c1N. The fourth-order valence-electron chi connectivity index (χ4n) is 2.01. The van der Waals surface area contributed by atoms with Crippen molar-refractivity contribution in [1.82, 2.24) is 4.47 Å². The van der Waals surface area contributed by atoms with E-state index in [1.165, 1.54) is 0 Å². The third kappa shape index (κ3) is 2.23. The molecule has 0 amide bonds. The average Bonchev–Trinajstić information content (AvgIpc) is 2.35. The lowest BCUT2D eigenvalue weighted by Gasteiger charge is -2.26. The molecular weight excluding hydrogens is 252 g/mol. The van der Waals surface area contributed by atoms with Gasteiger partial charge in [-0.3, -0.25) is 4.84 Å². The molecule has 1 heterocycles. The molecule has 6 heteroatoms. The second-order valence-electron chi connectivity index (χ2n) is 4.51. The van der Waals surface area contributed by atoms with Gasteiger partial charge in [-0.1, -0.05) is 16.6 Å². The average molecular weight is 270 g/mol. The molecule has 18 heavy (non-hydrogen) atoms. The van der Waals surface area contributed by atoms with Crippen LogP contribution >= 0.6 is 0 Å². The Balaban J connectivity index is 2.50. The number of hydrogen-bond donors (Lipinski definition) is 1. The lowest BCUT2D eigenvalue weighted by Crippen LogP contribution is -2.36. The molecular formula is C12H18N2O3S. The van der Waals surface area contributed by atoms with Crippen LogP contribution in [-0.2, 0) is 14.9 Å². The minimum absolute atomic E-state index is 0.171. The van der Waals surface area contributed by atoms with Crippen LogP contribution in [0.15, 0.2) is 17.0 Å². The Morgan fingerprint density at radius 3 is 2.50 bits per heavy atom. The van der Waals surface area contributed by atoms with Crippen LogP contribution in [0.2, 0.25) is 0 Å². The number of nitrogens with two attached hydrogens (primary N) is 1. The molecule has 5 nitrogen and oxygen atoms in total. The van der Waals surface area contributed by atoms with E-state index in [9.17, 15) is 8.42 Å². The summed E-state index contributed by atoms with van der Waals surface area (Å²) in [5, 5.41) is 0. The molecule has 0 atom stereocenters. The smallest absolute Gasteiger partial charge is 0.267 e. The molecule has 0 aromatic heterocycles. The van der Waals surface area contributed by atoms with Crippen LogP contribution in [0, 0.1) is 13.8 Å². The standard InChI is InChI=1S/C12H18N2O3S/c1-9-5-6-10(2)12(11(9)13)18(15,16)14-7-3-4-8-17-14/h5-6H,3-4,7-8,13H2,1-2H3. The van der Waals surface area contributed by atoms with Crippen molar-refractivity contribution >= 4 is 15.7 Å². The van der Waals surface area contributed by atoms with Crippen molar-refractivity contribution in [2.75, 3.05) is 18.9 Å². The molecule has 1 aromatic carbocycles. The van der Waals surface area contributed by atoms with E-state index < -0.39 is 10.0 Å². The molecule has 0 radical (unpaired) electrons. The molecule has 2 N–H and O–H groups in total. The Labute approximate surface area is 108 Å². The van der Waals surface area contributed by atoms with Gasteiger partial charge in [0.2, 0.25) is 0 Å². The topological polar surface area (TPSA) is 72.6 Å². The van der Waals surface area contributed by atoms with Gasteiger partial charge in [-0.15, -0.1) is 0 Å². The third-order valence-corrected chi connectivity index (χ3v) is 4.99. The normalized spacial score (nSPS) is 17.9. The van der Waals surface area contributed by atoms with Crippen molar-refractivity contribution in [3.8, 4) is 0 Å². The Hall–Kier alpha value is -1.11. The lowest BCUT2D eigenvalue weighted by atomic mass is 10.1. The highest BCUT2D eigenvalue weighted by molar-refractivity contribution is 7.89. The number of rotatable bonds is 2. The van der Waals surface area contributed by atoms with Gasteiger partial charge in [0.1, 0.15) is 4.90 Å². The van der Waals surface area contributed by atoms with Crippen molar-refractivity contribution in [2.24, 2.45) is 0 Å². The summed E-state index contributed by atoms with van der Waals surface area (Å²) < 4.78 is 26.1. The Morgan fingerprint density at radius 1 is 1.22 bits per heavy atom. The highest BCUT2D eigenvalue weighted by atomic mass is 32.2. The highest BCUT2D eigenvalue weighted by Gasteiger charge is 2.31. The van der Waals surface area contributed by atoms with Crippen LogP contribution < -0.4 is 5.73 Å². The van der Waals surface area contributed by atoms with E-state index in [1.54, 1.807) is 19.9 Å². The molecule has 0 bridgehead atoms. The van der Waals surface area contributed by atoms with Crippen molar-refractivity contribution in [1.29, 1.82) is 0 Å². The molecule has 0 spiro atoms. The minimum Gasteiger partial charge on any atom is -0.397 e. The predicted octanol–water partition coefficient (Wildman–Crippen LogP) is 1.60. The largest absolute Gasteiger partial charge is 0.397 e. The van der Waals surface area contributed by atoms with Crippen LogP contribution in [0.1, 0.15) is 24.0 Å². The summed E-state index contributed by atoms with van der Waals surface area (Å²) in [7, 11) is -3.66. The third-order valence-electron chi connectivity index (χ3n) is 3.11. The van der Waals surface area contributed by atoms with Gasteiger partial charge in [-0.05, 0) is 37.8 Å². The summed E-state index contributed by atoms with van der Waals surface area (Å²) in [5.41, 5.74) is 7.63. The van der Waals surface area contributed by atoms with Gasteiger partial charge in [-0.25, -0.2) is 8.42 Å². The first-order chi connectivity index (χ1) is 8.44. The zero-order valence-corrected chi connectivity index (χ0v) is 11.5. The lowest BCUT2D eigenvalue weighted by molar-refractivity contribution is -0.108. The Morgan fingerprint density at radius 2 is 1.89 bits per heavy atom. The Bertz CT molecular complexity index is 549. The number of nitrogens with zero attached hydrogens (tertiary/aromatic N) is 1. The van der Waals surface area contributed by atoms with E-state index >= 15 is 0 Å². The second kappa shape index (κ2) is 4.87. The van der Waals surface area contributed by atoms with Crippen LogP contribution in [0.4, 0.5) is 5.69 Å². The fourth-order valence-corrected chi connectivity index (χ4v) is 3.71. The first-order valence-electron chi connectivity index (χ1n) is 5.96. The molecule has 100 valence electrons. The van der Waals surface area contributed by atoms with Crippen LogP contribution in [0.25, 0.3) is 0 Å². The maximum Gasteiger partial charge on any atom is 0.267 e. The van der Waals surface area contributed by atoms with E-state index in [1.807, 2.05) is 6.07 Å².